The van der Waals surface area contributed by atoms with Gasteiger partial charge in [0.05, 0.1) is 0 Å². The Morgan fingerprint density at radius 3 is 2.20 bits per heavy atom. The smallest absolute Gasteiger partial charge is 0.258 e. The molecule has 0 aliphatic carbocycles. The van der Waals surface area contributed by atoms with Crippen LogP contribution in [0.25, 0.3) is 21.9 Å². The number of hydrogen-bond acceptors (Lipinski definition) is 1. The van der Waals surface area contributed by atoms with Gasteiger partial charge in [0, 0.05) is 18.1 Å². The first-order valence-electron chi connectivity index (χ1n) is 8.54. The van der Waals surface area contributed by atoms with Crippen LogP contribution in [-0.2, 0) is 13.0 Å². The van der Waals surface area contributed by atoms with Gasteiger partial charge in [0.25, 0.3) is 5.56 Å². The molecule has 0 spiro atoms. The van der Waals surface area contributed by atoms with Crippen LogP contribution in [0.2, 0.25) is 0 Å². The first kappa shape index (κ1) is 15.4. The Labute approximate surface area is 147 Å². The minimum absolute atomic E-state index is 0.0769. The van der Waals surface area contributed by atoms with Crippen LogP contribution in [-0.4, -0.2) is 4.57 Å². The van der Waals surface area contributed by atoms with Crippen molar-refractivity contribution < 1.29 is 0 Å². The largest absolute Gasteiger partial charge is 0.315 e. The summed E-state index contributed by atoms with van der Waals surface area (Å²) in [5, 5.41) is 1.76. The molecule has 2 nitrogen and oxygen atoms in total. The van der Waals surface area contributed by atoms with Crippen molar-refractivity contribution in [3.8, 4) is 11.1 Å². The maximum atomic E-state index is 12.8. The number of fused-ring (bicyclic) bond motifs is 1. The molecular formula is C23H19NO. The highest BCUT2D eigenvalue weighted by atomic mass is 16.1. The maximum absolute atomic E-state index is 12.8. The van der Waals surface area contributed by atoms with Crippen molar-refractivity contribution in [3.63, 3.8) is 0 Å². The van der Waals surface area contributed by atoms with Gasteiger partial charge in [-0.25, -0.2) is 0 Å². The second-order valence-corrected chi connectivity index (χ2v) is 6.22. The summed E-state index contributed by atoms with van der Waals surface area (Å²) in [5.74, 6) is 0. The second kappa shape index (κ2) is 6.78. The lowest BCUT2D eigenvalue weighted by molar-refractivity contribution is 0.675. The number of rotatable bonds is 4. The monoisotopic (exact) mass is 325 g/mol. The lowest BCUT2D eigenvalue weighted by Crippen LogP contribution is -2.20. The number of pyridine rings is 1. The molecule has 0 radical (unpaired) electrons. The van der Waals surface area contributed by atoms with Crippen molar-refractivity contribution >= 4 is 10.8 Å². The van der Waals surface area contributed by atoms with Gasteiger partial charge in [-0.3, -0.25) is 4.79 Å². The number of aryl methyl sites for hydroxylation is 2. The summed E-state index contributed by atoms with van der Waals surface area (Å²) in [5.41, 5.74) is 3.62. The molecule has 3 aromatic carbocycles. The molecule has 1 aromatic heterocycles. The van der Waals surface area contributed by atoms with Gasteiger partial charge in [-0.2, -0.15) is 0 Å². The molecule has 0 saturated heterocycles. The molecule has 122 valence electrons. The molecule has 2 heteroatoms. The van der Waals surface area contributed by atoms with Crippen LogP contribution in [0.3, 0.4) is 0 Å². The van der Waals surface area contributed by atoms with E-state index < -0.39 is 0 Å². The fraction of sp³-hybridized carbons (Fsp3) is 0.0870. The lowest BCUT2D eigenvalue weighted by Gasteiger charge is -2.09. The van der Waals surface area contributed by atoms with Gasteiger partial charge in [-0.15, -0.1) is 0 Å². The van der Waals surface area contributed by atoms with Gasteiger partial charge in [-0.1, -0.05) is 66.7 Å². The Bertz CT molecular complexity index is 1050. The minimum atomic E-state index is 0.0769. The third-order valence-corrected chi connectivity index (χ3v) is 4.57. The summed E-state index contributed by atoms with van der Waals surface area (Å²) in [6.07, 6.45) is 2.76. The average molecular weight is 325 g/mol. The zero-order valence-corrected chi connectivity index (χ0v) is 13.9. The summed E-state index contributed by atoms with van der Waals surface area (Å²) in [6, 6.07) is 28.6. The molecule has 4 rings (SSSR count). The molecule has 0 amide bonds. The first-order chi connectivity index (χ1) is 12.3. The zero-order chi connectivity index (χ0) is 17.1. The third-order valence-electron chi connectivity index (χ3n) is 4.57. The van der Waals surface area contributed by atoms with Crippen LogP contribution in [0.5, 0.6) is 0 Å². The SMILES string of the molecule is O=c1c2ccc(-c3ccccc3)cc2ccn1CCc1ccccc1. The van der Waals surface area contributed by atoms with Crippen LogP contribution in [0.1, 0.15) is 5.56 Å². The number of hydrogen-bond donors (Lipinski definition) is 0. The highest BCUT2D eigenvalue weighted by Gasteiger charge is 2.05. The van der Waals surface area contributed by atoms with Crippen LogP contribution in [0.15, 0.2) is 95.9 Å². The summed E-state index contributed by atoms with van der Waals surface area (Å²) < 4.78 is 1.80. The third kappa shape index (κ3) is 3.24. The van der Waals surface area contributed by atoms with E-state index >= 15 is 0 Å². The molecule has 0 fully saturated rings. The normalized spacial score (nSPS) is 10.9. The van der Waals surface area contributed by atoms with Crippen molar-refractivity contribution in [2.45, 2.75) is 13.0 Å². The molecule has 25 heavy (non-hydrogen) atoms. The van der Waals surface area contributed by atoms with Crippen molar-refractivity contribution in [2.75, 3.05) is 0 Å². The van der Waals surface area contributed by atoms with E-state index in [1.165, 1.54) is 5.56 Å². The maximum Gasteiger partial charge on any atom is 0.258 e. The Hall–Kier alpha value is -3.13. The van der Waals surface area contributed by atoms with Gasteiger partial charge >= 0.3 is 0 Å². The predicted octanol–water partition coefficient (Wildman–Crippen LogP) is 4.91. The highest BCUT2D eigenvalue weighted by Crippen LogP contribution is 2.22. The van der Waals surface area contributed by atoms with Gasteiger partial charge in [0.1, 0.15) is 0 Å². The topological polar surface area (TPSA) is 22.0 Å². The summed E-state index contributed by atoms with van der Waals surface area (Å²) in [6.45, 7) is 0.694. The second-order valence-electron chi connectivity index (χ2n) is 6.22. The van der Waals surface area contributed by atoms with E-state index in [1.807, 2.05) is 60.8 Å². The van der Waals surface area contributed by atoms with Gasteiger partial charge in [0.2, 0.25) is 0 Å². The van der Waals surface area contributed by atoms with E-state index in [2.05, 4.69) is 30.3 Å². The van der Waals surface area contributed by atoms with Crippen molar-refractivity contribution in [2.24, 2.45) is 0 Å². The minimum Gasteiger partial charge on any atom is -0.315 e. The Morgan fingerprint density at radius 1 is 0.720 bits per heavy atom. The van der Waals surface area contributed by atoms with E-state index in [0.29, 0.717) is 6.54 Å². The van der Waals surface area contributed by atoms with E-state index in [1.54, 1.807) is 4.57 Å². The van der Waals surface area contributed by atoms with E-state index in [4.69, 9.17) is 0 Å². The molecule has 0 aliphatic rings. The van der Waals surface area contributed by atoms with Crippen molar-refractivity contribution in [1.29, 1.82) is 0 Å². The molecule has 0 aliphatic heterocycles. The van der Waals surface area contributed by atoms with E-state index in [0.717, 1.165) is 28.3 Å². The fourth-order valence-corrected chi connectivity index (χ4v) is 3.17. The van der Waals surface area contributed by atoms with Crippen LogP contribution >= 0.6 is 0 Å². The van der Waals surface area contributed by atoms with Crippen LogP contribution in [0.4, 0.5) is 0 Å². The molecule has 0 saturated carbocycles. The average Bonchev–Trinajstić information content (AvgIpc) is 2.69. The standard InChI is InChI=1S/C23H19NO/c25-23-22-12-11-20(19-9-5-2-6-10-19)17-21(22)14-16-24(23)15-13-18-7-3-1-4-8-18/h1-12,14,16-17H,13,15H2. The quantitative estimate of drug-likeness (QED) is 0.522. The Kier molecular flexibility index (Phi) is 4.17. The number of aromatic nitrogens is 1. The summed E-state index contributed by atoms with van der Waals surface area (Å²) in [4.78, 5) is 12.8. The summed E-state index contributed by atoms with van der Waals surface area (Å²) in [7, 11) is 0. The number of benzene rings is 3. The Morgan fingerprint density at radius 2 is 1.44 bits per heavy atom. The van der Waals surface area contributed by atoms with Crippen molar-refractivity contribution in [1.82, 2.24) is 4.57 Å². The van der Waals surface area contributed by atoms with Crippen LogP contribution < -0.4 is 5.56 Å². The molecule has 4 aromatic rings. The van der Waals surface area contributed by atoms with Gasteiger partial charge < -0.3 is 4.57 Å². The van der Waals surface area contributed by atoms with E-state index in [-0.39, 0.29) is 5.56 Å². The molecular weight excluding hydrogens is 306 g/mol. The summed E-state index contributed by atoms with van der Waals surface area (Å²) >= 11 is 0. The van der Waals surface area contributed by atoms with E-state index in [9.17, 15) is 4.79 Å². The molecule has 1 heterocycles. The first-order valence-corrected chi connectivity index (χ1v) is 8.54. The Balaban J connectivity index is 1.65. The molecule has 0 unspecified atom stereocenters. The molecule has 0 N–H and O–H groups in total. The van der Waals surface area contributed by atoms with Gasteiger partial charge in [0.15, 0.2) is 0 Å². The highest BCUT2D eigenvalue weighted by molar-refractivity contribution is 5.86. The zero-order valence-electron chi connectivity index (χ0n) is 13.9. The number of nitrogens with zero attached hydrogens (tertiary/aromatic N) is 1. The van der Waals surface area contributed by atoms with Gasteiger partial charge in [-0.05, 0) is 46.7 Å². The molecule has 0 atom stereocenters. The predicted molar refractivity (Wildman–Crippen MR) is 104 cm³/mol. The lowest BCUT2D eigenvalue weighted by atomic mass is 10.0. The molecule has 0 bridgehead atoms. The fourth-order valence-electron chi connectivity index (χ4n) is 3.17. The van der Waals surface area contributed by atoms with Crippen molar-refractivity contribution in [3.05, 3.63) is 107 Å². The van der Waals surface area contributed by atoms with Crippen LogP contribution in [0, 0.1) is 0 Å².